The summed E-state index contributed by atoms with van der Waals surface area (Å²) >= 11 is 0. The summed E-state index contributed by atoms with van der Waals surface area (Å²) in [4.78, 5) is 13.4. The van der Waals surface area contributed by atoms with Gasteiger partial charge in [-0.2, -0.15) is 0 Å². The van der Waals surface area contributed by atoms with E-state index in [9.17, 15) is 4.79 Å². The van der Waals surface area contributed by atoms with Gasteiger partial charge in [-0.3, -0.25) is 4.79 Å². The molecule has 1 aliphatic rings. The zero-order chi connectivity index (χ0) is 12.0. The third kappa shape index (κ3) is 3.41. The lowest BCUT2D eigenvalue weighted by atomic mass is 10.2. The van der Waals surface area contributed by atoms with Crippen LogP contribution in [0.4, 0.5) is 0 Å². The van der Waals surface area contributed by atoms with Gasteiger partial charge in [0.25, 0.3) is 0 Å². The third-order valence-electron chi connectivity index (χ3n) is 2.77. The zero-order valence-electron chi connectivity index (χ0n) is 9.56. The van der Waals surface area contributed by atoms with Crippen molar-refractivity contribution in [3.63, 3.8) is 0 Å². The lowest BCUT2D eigenvalue weighted by Crippen LogP contribution is -2.45. The van der Waals surface area contributed by atoms with Crippen LogP contribution in [-0.2, 0) is 9.53 Å². The minimum absolute atomic E-state index is 0.0686. The van der Waals surface area contributed by atoms with Crippen LogP contribution in [0.15, 0.2) is 0 Å². The molecule has 2 atom stereocenters. The second kappa shape index (κ2) is 6.80. The summed E-state index contributed by atoms with van der Waals surface area (Å²) in [6.45, 7) is 1.00. The van der Waals surface area contributed by atoms with Gasteiger partial charge in [-0.1, -0.05) is 0 Å². The van der Waals surface area contributed by atoms with Crippen LogP contribution in [0.3, 0.4) is 0 Å². The number of carbonyl (C=O) groups excluding carboxylic acids is 1. The van der Waals surface area contributed by atoms with E-state index in [1.54, 1.807) is 7.11 Å². The molecule has 94 valence electrons. The molecular formula is C10H20N2O4. The number of amides is 1. The summed E-state index contributed by atoms with van der Waals surface area (Å²) in [5, 5.41) is 20.7. The number of nitrogens with one attached hydrogen (secondary N) is 1. The van der Waals surface area contributed by atoms with Crippen LogP contribution in [-0.4, -0.2) is 73.1 Å². The number of carbonyl (C=O) groups is 1. The Morgan fingerprint density at radius 3 is 2.50 bits per heavy atom. The van der Waals surface area contributed by atoms with Gasteiger partial charge in [0, 0.05) is 26.7 Å². The maximum absolute atomic E-state index is 12.0. The number of aliphatic hydroxyl groups is 2. The molecular weight excluding hydrogens is 212 g/mol. The Hall–Kier alpha value is -0.690. The Morgan fingerprint density at radius 1 is 1.44 bits per heavy atom. The molecule has 0 spiro atoms. The average Bonchev–Trinajstić information content (AvgIpc) is 2.76. The summed E-state index contributed by atoms with van der Waals surface area (Å²) < 4.78 is 5.16. The highest BCUT2D eigenvalue weighted by molar-refractivity contribution is 5.82. The molecule has 0 radical (unpaired) electrons. The molecule has 1 saturated heterocycles. The Morgan fingerprint density at radius 2 is 2.06 bits per heavy atom. The standard InChI is InChI=1S/C10H20N2O4/c1-16-8-6-9(11-7-8)10(15)12(2-4-13)3-5-14/h8-9,11,13-14H,2-7H2,1H3. The molecule has 3 N–H and O–H groups in total. The molecule has 6 heteroatoms. The van der Waals surface area contributed by atoms with Crippen LogP contribution in [0, 0.1) is 0 Å². The summed E-state index contributed by atoms with van der Waals surface area (Å²) in [7, 11) is 1.62. The van der Waals surface area contributed by atoms with Crippen molar-refractivity contribution in [3.05, 3.63) is 0 Å². The molecule has 1 fully saturated rings. The van der Waals surface area contributed by atoms with E-state index in [0.717, 1.165) is 0 Å². The topological polar surface area (TPSA) is 82.0 Å². The normalized spacial score (nSPS) is 24.7. The first kappa shape index (κ1) is 13.4. The van der Waals surface area contributed by atoms with Gasteiger partial charge in [0.2, 0.25) is 5.91 Å². The second-order valence-corrected chi connectivity index (χ2v) is 3.83. The Balaban J connectivity index is 2.47. The van der Waals surface area contributed by atoms with Gasteiger partial charge in [0.15, 0.2) is 0 Å². The molecule has 1 heterocycles. The number of hydrogen-bond acceptors (Lipinski definition) is 5. The van der Waals surface area contributed by atoms with Crippen LogP contribution in [0.5, 0.6) is 0 Å². The van der Waals surface area contributed by atoms with Crippen LogP contribution in [0.25, 0.3) is 0 Å². The van der Waals surface area contributed by atoms with Crippen molar-refractivity contribution in [3.8, 4) is 0 Å². The molecule has 16 heavy (non-hydrogen) atoms. The van der Waals surface area contributed by atoms with Crippen molar-refractivity contribution >= 4 is 5.91 Å². The van der Waals surface area contributed by atoms with Gasteiger partial charge in [0.1, 0.15) is 0 Å². The molecule has 1 rings (SSSR count). The van der Waals surface area contributed by atoms with E-state index in [4.69, 9.17) is 14.9 Å². The fourth-order valence-electron chi connectivity index (χ4n) is 1.86. The van der Waals surface area contributed by atoms with E-state index in [1.165, 1.54) is 4.90 Å². The number of aliphatic hydroxyl groups excluding tert-OH is 2. The first-order chi connectivity index (χ1) is 7.72. The Bertz CT molecular complexity index is 219. The van der Waals surface area contributed by atoms with Gasteiger partial charge >= 0.3 is 0 Å². The van der Waals surface area contributed by atoms with E-state index >= 15 is 0 Å². The van der Waals surface area contributed by atoms with Crippen molar-refractivity contribution in [2.45, 2.75) is 18.6 Å². The molecule has 0 aliphatic carbocycles. The number of ether oxygens (including phenoxy) is 1. The molecule has 0 saturated carbocycles. The molecule has 0 aromatic carbocycles. The number of methoxy groups -OCH3 is 1. The van der Waals surface area contributed by atoms with Crippen molar-refractivity contribution in [1.82, 2.24) is 10.2 Å². The van der Waals surface area contributed by atoms with E-state index < -0.39 is 0 Å². The average molecular weight is 232 g/mol. The van der Waals surface area contributed by atoms with Crippen LogP contribution >= 0.6 is 0 Å². The molecule has 0 aromatic rings. The highest BCUT2D eigenvalue weighted by Gasteiger charge is 2.31. The van der Waals surface area contributed by atoms with Crippen molar-refractivity contribution in [1.29, 1.82) is 0 Å². The van der Waals surface area contributed by atoms with Crippen LogP contribution < -0.4 is 5.32 Å². The molecule has 0 aromatic heterocycles. The van der Waals surface area contributed by atoms with Gasteiger partial charge in [-0.05, 0) is 6.42 Å². The van der Waals surface area contributed by atoms with Gasteiger partial charge in [0.05, 0.1) is 25.4 Å². The maximum Gasteiger partial charge on any atom is 0.239 e. The summed E-state index contributed by atoms with van der Waals surface area (Å²) in [5.41, 5.74) is 0. The molecule has 0 bridgehead atoms. The van der Waals surface area contributed by atoms with Crippen molar-refractivity contribution < 1.29 is 19.7 Å². The summed E-state index contributed by atoms with van der Waals surface area (Å²) in [6, 6.07) is -0.261. The SMILES string of the molecule is COC1CNC(C(=O)N(CCO)CCO)C1. The van der Waals surface area contributed by atoms with E-state index in [1.807, 2.05) is 0 Å². The maximum atomic E-state index is 12.0. The number of hydrogen-bond donors (Lipinski definition) is 3. The molecule has 1 aliphatic heterocycles. The summed E-state index contributed by atoms with van der Waals surface area (Å²) in [6.07, 6.45) is 0.710. The summed E-state index contributed by atoms with van der Waals surface area (Å²) in [5.74, 6) is -0.0809. The van der Waals surface area contributed by atoms with Crippen LogP contribution in [0.2, 0.25) is 0 Å². The van der Waals surface area contributed by atoms with Gasteiger partial charge in [-0.25, -0.2) is 0 Å². The fraction of sp³-hybridized carbons (Fsp3) is 0.900. The van der Waals surface area contributed by atoms with Crippen molar-refractivity contribution in [2.24, 2.45) is 0 Å². The lowest BCUT2D eigenvalue weighted by molar-refractivity contribution is -0.134. The smallest absolute Gasteiger partial charge is 0.239 e. The first-order valence-corrected chi connectivity index (χ1v) is 5.49. The first-order valence-electron chi connectivity index (χ1n) is 5.49. The largest absolute Gasteiger partial charge is 0.395 e. The number of nitrogens with zero attached hydrogens (tertiary/aromatic N) is 1. The predicted molar refractivity (Wildman–Crippen MR) is 58.0 cm³/mol. The second-order valence-electron chi connectivity index (χ2n) is 3.83. The monoisotopic (exact) mass is 232 g/mol. The van der Waals surface area contributed by atoms with Crippen molar-refractivity contribution in [2.75, 3.05) is 40.0 Å². The highest BCUT2D eigenvalue weighted by Crippen LogP contribution is 2.11. The Kier molecular flexibility index (Phi) is 5.68. The molecule has 6 nitrogen and oxygen atoms in total. The van der Waals surface area contributed by atoms with Gasteiger partial charge in [-0.15, -0.1) is 0 Å². The predicted octanol–water partition coefficient (Wildman–Crippen LogP) is -1.82. The quantitative estimate of drug-likeness (QED) is 0.502. The molecule has 2 unspecified atom stereocenters. The lowest BCUT2D eigenvalue weighted by Gasteiger charge is -2.24. The Labute approximate surface area is 95.2 Å². The van der Waals surface area contributed by atoms with E-state index in [2.05, 4.69) is 5.32 Å². The zero-order valence-corrected chi connectivity index (χ0v) is 9.56. The minimum Gasteiger partial charge on any atom is -0.395 e. The van der Waals surface area contributed by atoms with E-state index in [0.29, 0.717) is 13.0 Å². The molecule has 1 amide bonds. The van der Waals surface area contributed by atoms with Gasteiger partial charge < -0.3 is 25.2 Å². The number of rotatable bonds is 6. The highest BCUT2D eigenvalue weighted by atomic mass is 16.5. The third-order valence-corrected chi connectivity index (χ3v) is 2.77. The van der Waals surface area contributed by atoms with Crippen LogP contribution in [0.1, 0.15) is 6.42 Å². The fourth-order valence-corrected chi connectivity index (χ4v) is 1.86. The van der Waals surface area contributed by atoms with E-state index in [-0.39, 0.29) is 44.4 Å². The minimum atomic E-state index is -0.261.